The van der Waals surface area contributed by atoms with E-state index in [4.69, 9.17) is 18.0 Å². The molecule has 1 amide bonds. The maximum Gasteiger partial charge on any atom is 0.251 e. The van der Waals surface area contributed by atoms with E-state index in [1.807, 2.05) is 14.1 Å². The van der Waals surface area contributed by atoms with E-state index in [1.54, 1.807) is 24.3 Å². The molecule has 1 aromatic rings. The Balaban J connectivity index is 2.35. The Morgan fingerprint density at radius 3 is 2.32 bits per heavy atom. The molecule has 19 heavy (non-hydrogen) atoms. The number of hydrogen-bond acceptors (Lipinski definition) is 3. The molecule has 1 aromatic carbocycles. The number of benzene rings is 1. The molecule has 0 aliphatic heterocycles. The number of thiocarbonyl (C=S) groups is 1. The van der Waals surface area contributed by atoms with Crippen LogP contribution in [0.1, 0.15) is 28.8 Å². The Labute approximate surface area is 120 Å². The Hall–Kier alpha value is -1.46. The number of nitrogens with one attached hydrogen (secondary N) is 1. The first-order valence-electron chi connectivity index (χ1n) is 6.33. The van der Waals surface area contributed by atoms with Crippen LogP contribution >= 0.6 is 12.2 Å². The number of rotatable bonds is 7. The summed E-state index contributed by atoms with van der Waals surface area (Å²) in [5.74, 6) is -0.0562. The van der Waals surface area contributed by atoms with Gasteiger partial charge in [0.05, 0.1) is 0 Å². The third kappa shape index (κ3) is 5.81. The molecule has 104 valence electrons. The first-order chi connectivity index (χ1) is 9.00. The minimum absolute atomic E-state index is 0.0562. The normalized spacial score (nSPS) is 10.5. The van der Waals surface area contributed by atoms with Crippen molar-refractivity contribution >= 4 is 23.1 Å². The van der Waals surface area contributed by atoms with Crippen molar-refractivity contribution in [2.75, 3.05) is 27.2 Å². The summed E-state index contributed by atoms with van der Waals surface area (Å²) in [6.45, 7) is 1.74. The van der Waals surface area contributed by atoms with Crippen molar-refractivity contribution < 1.29 is 4.79 Å². The van der Waals surface area contributed by atoms with Crippen LogP contribution in [0, 0.1) is 0 Å². The fourth-order valence-corrected chi connectivity index (χ4v) is 1.78. The minimum atomic E-state index is -0.0562. The Morgan fingerprint density at radius 1 is 1.21 bits per heavy atom. The van der Waals surface area contributed by atoms with E-state index in [0.717, 1.165) is 24.9 Å². The molecule has 0 saturated heterocycles. The molecule has 0 aromatic heterocycles. The summed E-state index contributed by atoms with van der Waals surface area (Å²) in [7, 11) is 4.09. The van der Waals surface area contributed by atoms with Crippen LogP contribution in [-0.4, -0.2) is 43.0 Å². The zero-order valence-electron chi connectivity index (χ0n) is 11.5. The summed E-state index contributed by atoms with van der Waals surface area (Å²) in [5, 5.41) is 2.90. The molecule has 0 saturated carbocycles. The van der Waals surface area contributed by atoms with Crippen LogP contribution in [0.2, 0.25) is 0 Å². The van der Waals surface area contributed by atoms with E-state index in [9.17, 15) is 4.79 Å². The van der Waals surface area contributed by atoms with Crippen molar-refractivity contribution in [2.45, 2.75) is 12.8 Å². The summed E-state index contributed by atoms with van der Waals surface area (Å²) < 4.78 is 0. The maximum atomic E-state index is 11.8. The highest BCUT2D eigenvalue weighted by molar-refractivity contribution is 7.80. The van der Waals surface area contributed by atoms with Crippen molar-refractivity contribution in [3.8, 4) is 0 Å². The van der Waals surface area contributed by atoms with Crippen molar-refractivity contribution in [3.05, 3.63) is 35.4 Å². The summed E-state index contributed by atoms with van der Waals surface area (Å²) in [6, 6.07) is 7.01. The fourth-order valence-electron chi connectivity index (χ4n) is 1.64. The van der Waals surface area contributed by atoms with Gasteiger partial charge in [-0.2, -0.15) is 0 Å². The van der Waals surface area contributed by atoms with E-state index in [2.05, 4.69) is 10.2 Å². The second-order valence-corrected chi connectivity index (χ2v) is 5.15. The quantitative estimate of drug-likeness (QED) is 0.585. The number of unbranched alkanes of at least 4 members (excludes halogenated alkanes) is 1. The molecular formula is C14H21N3OS. The number of nitrogens with two attached hydrogens (primary N) is 1. The van der Waals surface area contributed by atoms with E-state index < -0.39 is 0 Å². The summed E-state index contributed by atoms with van der Waals surface area (Å²) in [6.07, 6.45) is 2.06. The van der Waals surface area contributed by atoms with Crippen molar-refractivity contribution in [1.82, 2.24) is 10.2 Å². The highest BCUT2D eigenvalue weighted by Gasteiger charge is 2.05. The lowest BCUT2D eigenvalue weighted by Crippen LogP contribution is -2.25. The first kappa shape index (κ1) is 15.6. The van der Waals surface area contributed by atoms with Gasteiger partial charge < -0.3 is 16.0 Å². The highest BCUT2D eigenvalue weighted by atomic mass is 32.1. The largest absolute Gasteiger partial charge is 0.389 e. The van der Waals surface area contributed by atoms with Gasteiger partial charge in [0.2, 0.25) is 0 Å². The molecule has 5 heteroatoms. The fraction of sp³-hybridized carbons (Fsp3) is 0.429. The molecule has 0 spiro atoms. The summed E-state index contributed by atoms with van der Waals surface area (Å²) >= 11 is 4.86. The van der Waals surface area contributed by atoms with Crippen molar-refractivity contribution in [3.63, 3.8) is 0 Å². The van der Waals surface area contributed by atoms with Crippen LogP contribution in [0.5, 0.6) is 0 Å². The Morgan fingerprint density at radius 2 is 1.79 bits per heavy atom. The molecule has 0 radical (unpaired) electrons. The highest BCUT2D eigenvalue weighted by Crippen LogP contribution is 2.04. The monoisotopic (exact) mass is 279 g/mol. The number of amides is 1. The predicted octanol–water partition coefficient (Wildman–Crippen LogP) is 1.39. The van der Waals surface area contributed by atoms with E-state index >= 15 is 0 Å². The molecule has 1 rings (SSSR count). The standard InChI is InChI=1S/C14H21N3OS/c1-17(2)10-4-3-9-16-14(18)12-7-5-11(6-8-12)13(15)19/h5-8H,3-4,9-10H2,1-2H3,(H2,15,19)(H,16,18). The smallest absolute Gasteiger partial charge is 0.251 e. The lowest BCUT2D eigenvalue weighted by Gasteiger charge is -2.09. The summed E-state index contributed by atoms with van der Waals surface area (Å²) in [5.41, 5.74) is 6.91. The number of hydrogen-bond donors (Lipinski definition) is 2. The lowest BCUT2D eigenvalue weighted by molar-refractivity contribution is 0.0953. The van der Waals surface area contributed by atoms with Crippen LogP contribution < -0.4 is 11.1 Å². The van der Waals surface area contributed by atoms with Gasteiger partial charge in [0.1, 0.15) is 4.99 Å². The zero-order valence-corrected chi connectivity index (χ0v) is 12.3. The molecule has 0 fully saturated rings. The van der Waals surface area contributed by atoms with Crippen LogP contribution in [0.3, 0.4) is 0 Å². The second kappa shape index (κ2) is 7.86. The molecule has 0 heterocycles. The zero-order chi connectivity index (χ0) is 14.3. The Kier molecular flexibility index (Phi) is 6.45. The van der Waals surface area contributed by atoms with Gasteiger partial charge in [0.25, 0.3) is 5.91 Å². The molecule has 0 aliphatic rings. The van der Waals surface area contributed by atoms with Gasteiger partial charge in [-0.3, -0.25) is 4.79 Å². The van der Waals surface area contributed by atoms with Crippen LogP contribution in [-0.2, 0) is 0 Å². The minimum Gasteiger partial charge on any atom is -0.389 e. The van der Waals surface area contributed by atoms with Crippen LogP contribution in [0.25, 0.3) is 0 Å². The van der Waals surface area contributed by atoms with Crippen molar-refractivity contribution in [2.24, 2.45) is 5.73 Å². The van der Waals surface area contributed by atoms with Crippen molar-refractivity contribution in [1.29, 1.82) is 0 Å². The predicted molar refractivity (Wildman–Crippen MR) is 82.5 cm³/mol. The van der Waals surface area contributed by atoms with Gasteiger partial charge >= 0.3 is 0 Å². The molecule has 0 unspecified atom stereocenters. The first-order valence-corrected chi connectivity index (χ1v) is 6.74. The Bertz CT molecular complexity index is 429. The molecule has 3 N–H and O–H groups in total. The van der Waals surface area contributed by atoms with Gasteiger partial charge in [-0.15, -0.1) is 0 Å². The van der Waals surface area contributed by atoms with E-state index in [0.29, 0.717) is 17.1 Å². The summed E-state index contributed by atoms with van der Waals surface area (Å²) in [4.78, 5) is 14.3. The number of carbonyl (C=O) groups is 1. The average Bonchev–Trinajstić information content (AvgIpc) is 2.37. The van der Waals surface area contributed by atoms with Crippen LogP contribution in [0.15, 0.2) is 24.3 Å². The van der Waals surface area contributed by atoms with Gasteiger partial charge in [0.15, 0.2) is 0 Å². The topological polar surface area (TPSA) is 58.4 Å². The third-order valence-electron chi connectivity index (χ3n) is 2.75. The second-order valence-electron chi connectivity index (χ2n) is 4.71. The molecule has 4 nitrogen and oxygen atoms in total. The van der Waals surface area contributed by atoms with Gasteiger partial charge in [-0.05, 0) is 45.6 Å². The molecular weight excluding hydrogens is 258 g/mol. The molecule has 0 atom stereocenters. The van der Waals surface area contributed by atoms with Gasteiger partial charge in [-0.1, -0.05) is 24.4 Å². The number of nitrogens with zero attached hydrogens (tertiary/aromatic N) is 1. The molecule has 0 aliphatic carbocycles. The van der Waals surface area contributed by atoms with Gasteiger partial charge in [0, 0.05) is 17.7 Å². The number of carbonyl (C=O) groups excluding carboxylic acids is 1. The van der Waals surface area contributed by atoms with E-state index in [-0.39, 0.29) is 5.91 Å². The van der Waals surface area contributed by atoms with E-state index in [1.165, 1.54) is 0 Å². The van der Waals surface area contributed by atoms with Crippen LogP contribution in [0.4, 0.5) is 0 Å². The molecule has 0 bridgehead atoms. The SMILES string of the molecule is CN(C)CCCCNC(=O)c1ccc(C(N)=S)cc1. The lowest BCUT2D eigenvalue weighted by atomic mass is 10.1. The average molecular weight is 279 g/mol. The van der Waals surface area contributed by atoms with Gasteiger partial charge in [-0.25, -0.2) is 0 Å². The maximum absolute atomic E-state index is 11.8. The third-order valence-corrected chi connectivity index (χ3v) is 2.98.